The van der Waals surface area contributed by atoms with Crippen molar-refractivity contribution in [3.05, 3.63) is 40.8 Å². The number of imidazole rings is 1. The van der Waals surface area contributed by atoms with E-state index in [1.807, 2.05) is 17.8 Å². The lowest BCUT2D eigenvalue weighted by atomic mass is 10.3. The van der Waals surface area contributed by atoms with Gasteiger partial charge in [0.05, 0.1) is 27.3 Å². The fourth-order valence-corrected chi connectivity index (χ4v) is 2.65. The third-order valence-electron chi connectivity index (χ3n) is 2.54. The molecule has 96 valence electrons. The predicted molar refractivity (Wildman–Crippen MR) is 76.9 cm³/mol. The molecule has 0 aliphatic heterocycles. The standard InChI is InChI=1S/C12H8Cl2N4S/c1-18-3-2-15-12(18)19-11-6-16-9-4-7(13)8(14)5-10(9)17-11/h2-6H,1H3. The van der Waals surface area contributed by atoms with E-state index in [4.69, 9.17) is 23.2 Å². The summed E-state index contributed by atoms with van der Waals surface area (Å²) >= 11 is 13.4. The van der Waals surface area contributed by atoms with Gasteiger partial charge in [-0.1, -0.05) is 23.2 Å². The normalized spacial score (nSPS) is 11.1. The highest BCUT2D eigenvalue weighted by molar-refractivity contribution is 7.99. The smallest absolute Gasteiger partial charge is 0.174 e. The number of nitrogens with zero attached hydrogens (tertiary/aromatic N) is 4. The summed E-state index contributed by atoms with van der Waals surface area (Å²) in [5, 5.41) is 2.57. The summed E-state index contributed by atoms with van der Waals surface area (Å²) < 4.78 is 1.92. The summed E-state index contributed by atoms with van der Waals surface area (Å²) in [5.74, 6) is 0. The Morgan fingerprint density at radius 3 is 2.53 bits per heavy atom. The molecule has 7 heteroatoms. The van der Waals surface area contributed by atoms with E-state index in [-0.39, 0.29) is 0 Å². The van der Waals surface area contributed by atoms with Gasteiger partial charge in [-0.3, -0.25) is 4.98 Å². The van der Waals surface area contributed by atoms with Crippen LogP contribution in [0.3, 0.4) is 0 Å². The minimum atomic E-state index is 0.475. The van der Waals surface area contributed by atoms with Gasteiger partial charge in [0.2, 0.25) is 0 Å². The van der Waals surface area contributed by atoms with E-state index in [0.717, 1.165) is 15.7 Å². The van der Waals surface area contributed by atoms with E-state index in [2.05, 4.69) is 15.0 Å². The highest BCUT2D eigenvalue weighted by Gasteiger charge is 2.07. The number of benzene rings is 1. The molecule has 19 heavy (non-hydrogen) atoms. The van der Waals surface area contributed by atoms with Crippen molar-refractivity contribution in [2.75, 3.05) is 0 Å². The van der Waals surface area contributed by atoms with Crippen LogP contribution in [-0.4, -0.2) is 19.5 Å². The Labute approximate surface area is 123 Å². The van der Waals surface area contributed by atoms with E-state index in [1.54, 1.807) is 24.5 Å². The molecule has 0 fully saturated rings. The number of hydrogen-bond donors (Lipinski definition) is 0. The first-order chi connectivity index (χ1) is 9.13. The number of rotatable bonds is 2. The molecule has 0 atom stereocenters. The molecule has 0 amide bonds. The summed E-state index contributed by atoms with van der Waals surface area (Å²) in [6, 6.07) is 3.43. The second-order valence-electron chi connectivity index (χ2n) is 3.89. The van der Waals surface area contributed by atoms with Crippen molar-refractivity contribution in [3.8, 4) is 0 Å². The quantitative estimate of drug-likeness (QED) is 0.721. The molecule has 2 heterocycles. The summed E-state index contributed by atoms with van der Waals surface area (Å²) in [7, 11) is 1.93. The molecular formula is C12H8Cl2N4S. The van der Waals surface area contributed by atoms with Crippen molar-refractivity contribution >= 4 is 46.0 Å². The van der Waals surface area contributed by atoms with Gasteiger partial charge < -0.3 is 4.57 Å². The predicted octanol–water partition coefficient (Wildman–Crippen LogP) is 3.82. The zero-order chi connectivity index (χ0) is 13.4. The molecular weight excluding hydrogens is 303 g/mol. The summed E-state index contributed by atoms with van der Waals surface area (Å²) in [5.41, 5.74) is 1.44. The van der Waals surface area contributed by atoms with Crippen LogP contribution in [0.4, 0.5) is 0 Å². The highest BCUT2D eigenvalue weighted by atomic mass is 35.5. The summed E-state index contributed by atoms with van der Waals surface area (Å²) in [6.07, 6.45) is 5.33. The van der Waals surface area contributed by atoms with Crippen molar-refractivity contribution in [2.24, 2.45) is 7.05 Å². The van der Waals surface area contributed by atoms with Crippen molar-refractivity contribution in [1.29, 1.82) is 0 Å². The van der Waals surface area contributed by atoms with Crippen LogP contribution in [0, 0.1) is 0 Å². The first kappa shape index (κ1) is 12.7. The highest BCUT2D eigenvalue weighted by Crippen LogP contribution is 2.29. The lowest BCUT2D eigenvalue weighted by Crippen LogP contribution is -1.91. The molecule has 2 aromatic heterocycles. The van der Waals surface area contributed by atoms with Gasteiger partial charge in [-0.15, -0.1) is 0 Å². The minimum Gasteiger partial charge on any atom is -0.329 e. The molecule has 0 unspecified atom stereocenters. The number of aryl methyl sites for hydroxylation is 1. The fraction of sp³-hybridized carbons (Fsp3) is 0.0833. The molecule has 1 aromatic carbocycles. The number of halogens is 2. The molecule has 0 N–H and O–H groups in total. The zero-order valence-corrected chi connectivity index (χ0v) is 12.2. The molecule has 0 aliphatic rings. The maximum absolute atomic E-state index is 5.98. The molecule has 0 bridgehead atoms. The van der Waals surface area contributed by atoms with Crippen LogP contribution in [0.15, 0.2) is 40.9 Å². The van der Waals surface area contributed by atoms with Gasteiger partial charge in [0, 0.05) is 19.4 Å². The maximum atomic E-state index is 5.98. The van der Waals surface area contributed by atoms with Crippen molar-refractivity contribution in [2.45, 2.75) is 10.2 Å². The fourth-order valence-electron chi connectivity index (χ4n) is 1.58. The third-order valence-corrected chi connectivity index (χ3v) is 4.24. The molecule has 3 rings (SSSR count). The Morgan fingerprint density at radius 1 is 1.11 bits per heavy atom. The molecule has 0 aliphatic carbocycles. The van der Waals surface area contributed by atoms with E-state index < -0.39 is 0 Å². The molecule has 0 radical (unpaired) electrons. The number of fused-ring (bicyclic) bond motifs is 1. The van der Waals surface area contributed by atoms with Crippen molar-refractivity contribution in [1.82, 2.24) is 19.5 Å². The Morgan fingerprint density at radius 2 is 1.84 bits per heavy atom. The SMILES string of the molecule is Cn1ccnc1Sc1cnc2cc(Cl)c(Cl)cc2n1. The van der Waals surface area contributed by atoms with Crippen LogP contribution in [0.5, 0.6) is 0 Å². The summed E-state index contributed by atoms with van der Waals surface area (Å²) in [4.78, 5) is 13.1. The number of aromatic nitrogens is 4. The van der Waals surface area contributed by atoms with Gasteiger partial charge in [-0.2, -0.15) is 0 Å². The van der Waals surface area contributed by atoms with Gasteiger partial charge in [-0.25, -0.2) is 9.97 Å². The van der Waals surface area contributed by atoms with Gasteiger partial charge in [0.1, 0.15) is 5.03 Å². The first-order valence-electron chi connectivity index (χ1n) is 5.40. The van der Waals surface area contributed by atoms with Gasteiger partial charge in [0.25, 0.3) is 0 Å². The minimum absolute atomic E-state index is 0.475. The second kappa shape index (κ2) is 5.00. The van der Waals surface area contributed by atoms with Crippen LogP contribution < -0.4 is 0 Å². The van der Waals surface area contributed by atoms with Crippen LogP contribution in [0.2, 0.25) is 10.0 Å². The second-order valence-corrected chi connectivity index (χ2v) is 5.69. The van der Waals surface area contributed by atoms with E-state index >= 15 is 0 Å². The van der Waals surface area contributed by atoms with Crippen LogP contribution in [0.1, 0.15) is 0 Å². The Kier molecular flexibility index (Phi) is 3.35. The molecule has 0 saturated heterocycles. The van der Waals surface area contributed by atoms with Crippen LogP contribution >= 0.6 is 35.0 Å². The largest absolute Gasteiger partial charge is 0.329 e. The molecule has 4 nitrogen and oxygen atoms in total. The molecule has 3 aromatic rings. The third kappa shape index (κ3) is 2.54. The van der Waals surface area contributed by atoms with Gasteiger partial charge in [0.15, 0.2) is 5.16 Å². The monoisotopic (exact) mass is 310 g/mol. The van der Waals surface area contributed by atoms with Crippen molar-refractivity contribution in [3.63, 3.8) is 0 Å². The lowest BCUT2D eigenvalue weighted by Gasteiger charge is -2.03. The first-order valence-corrected chi connectivity index (χ1v) is 6.98. The van der Waals surface area contributed by atoms with Gasteiger partial charge >= 0.3 is 0 Å². The molecule has 0 saturated carbocycles. The average molecular weight is 311 g/mol. The Hall–Kier alpha value is -1.30. The van der Waals surface area contributed by atoms with E-state index in [9.17, 15) is 0 Å². The maximum Gasteiger partial charge on any atom is 0.174 e. The van der Waals surface area contributed by atoms with Crippen molar-refractivity contribution < 1.29 is 0 Å². The van der Waals surface area contributed by atoms with Gasteiger partial charge in [-0.05, 0) is 23.9 Å². The Bertz CT molecular complexity index is 757. The van der Waals surface area contributed by atoms with Crippen LogP contribution in [0.25, 0.3) is 11.0 Å². The average Bonchev–Trinajstić information content (AvgIpc) is 2.77. The zero-order valence-electron chi connectivity index (χ0n) is 9.84. The van der Waals surface area contributed by atoms with Crippen LogP contribution in [-0.2, 0) is 7.05 Å². The lowest BCUT2D eigenvalue weighted by molar-refractivity contribution is 0.788. The summed E-state index contributed by atoms with van der Waals surface area (Å²) in [6.45, 7) is 0. The Balaban J connectivity index is 2.02. The topological polar surface area (TPSA) is 43.6 Å². The van der Waals surface area contributed by atoms with E-state index in [1.165, 1.54) is 11.8 Å². The van der Waals surface area contributed by atoms with E-state index in [0.29, 0.717) is 15.6 Å². The number of hydrogen-bond acceptors (Lipinski definition) is 4. The molecule has 0 spiro atoms.